The number of rotatable bonds is 2. The first-order valence-corrected chi connectivity index (χ1v) is 5.91. The Labute approximate surface area is 95.1 Å². The molecule has 2 aliphatic heterocycles. The molecule has 5 heteroatoms. The molecule has 3 atom stereocenters. The van der Waals surface area contributed by atoms with Crippen molar-refractivity contribution in [1.82, 2.24) is 10.2 Å². The van der Waals surface area contributed by atoms with Crippen LogP contribution < -0.4 is 5.32 Å². The lowest BCUT2D eigenvalue weighted by molar-refractivity contribution is -0.138. The molecule has 0 spiro atoms. The second kappa shape index (κ2) is 5.10. The van der Waals surface area contributed by atoms with Gasteiger partial charge in [-0.25, -0.2) is 4.39 Å². The number of nitrogens with one attached hydrogen (secondary N) is 1. The van der Waals surface area contributed by atoms with E-state index in [1.165, 1.54) is 7.11 Å². The van der Waals surface area contributed by atoms with Crippen molar-refractivity contribution < 1.29 is 13.9 Å². The summed E-state index contributed by atoms with van der Waals surface area (Å²) in [5.41, 5.74) is 0. The van der Waals surface area contributed by atoms with Crippen LogP contribution in [0.2, 0.25) is 0 Å². The number of amides is 1. The van der Waals surface area contributed by atoms with Gasteiger partial charge in [-0.1, -0.05) is 0 Å². The average Bonchev–Trinajstić information content (AvgIpc) is 2.81. The number of nitrogens with zero attached hydrogens (tertiary/aromatic N) is 1. The number of halogens is 1. The summed E-state index contributed by atoms with van der Waals surface area (Å²) in [5.74, 6) is 0.0507. The van der Waals surface area contributed by atoms with Crippen molar-refractivity contribution in [2.24, 2.45) is 0 Å². The van der Waals surface area contributed by atoms with Gasteiger partial charge in [-0.15, -0.1) is 0 Å². The Morgan fingerprint density at radius 2 is 2.31 bits per heavy atom. The van der Waals surface area contributed by atoms with Crippen molar-refractivity contribution in [3.05, 3.63) is 0 Å². The molecule has 0 aromatic heterocycles. The zero-order chi connectivity index (χ0) is 11.5. The summed E-state index contributed by atoms with van der Waals surface area (Å²) in [6.07, 6.45) is 1.10. The topological polar surface area (TPSA) is 41.6 Å². The smallest absolute Gasteiger partial charge is 0.239 e. The molecule has 2 heterocycles. The summed E-state index contributed by atoms with van der Waals surface area (Å²) in [4.78, 5) is 13.6. The molecule has 0 aromatic rings. The van der Waals surface area contributed by atoms with Crippen LogP contribution in [0.5, 0.6) is 0 Å². The van der Waals surface area contributed by atoms with Gasteiger partial charge in [0.1, 0.15) is 6.17 Å². The lowest BCUT2D eigenvalue weighted by Gasteiger charge is -2.35. The molecule has 0 aliphatic carbocycles. The minimum atomic E-state index is -1.05. The van der Waals surface area contributed by atoms with Gasteiger partial charge in [0.15, 0.2) is 0 Å². The summed E-state index contributed by atoms with van der Waals surface area (Å²) in [6, 6.07) is -0.0914. The number of hydrogen-bond acceptors (Lipinski definition) is 3. The van der Waals surface area contributed by atoms with Gasteiger partial charge in [0.2, 0.25) is 5.91 Å². The molecule has 1 amide bonds. The number of alkyl halides is 1. The van der Waals surface area contributed by atoms with Gasteiger partial charge < -0.3 is 15.0 Å². The molecule has 4 nitrogen and oxygen atoms in total. The van der Waals surface area contributed by atoms with E-state index in [1.54, 1.807) is 4.90 Å². The van der Waals surface area contributed by atoms with Crippen LogP contribution >= 0.6 is 0 Å². The Morgan fingerprint density at radius 3 is 2.88 bits per heavy atom. The Kier molecular flexibility index (Phi) is 3.76. The quantitative estimate of drug-likeness (QED) is 0.743. The van der Waals surface area contributed by atoms with E-state index in [1.807, 2.05) is 0 Å². The van der Waals surface area contributed by atoms with E-state index in [-0.39, 0.29) is 24.6 Å². The van der Waals surface area contributed by atoms with Gasteiger partial charge in [-0.05, 0) is 25.8 Å². The maximum atomic E-state index is 13.6. The molecule has 2 fully saturated rings. The van der Waals surface area contributed by atoms with E-state index < -0.39 is 6.17 Å². The minimum Gasteiger partial charge on any atom is -0.378 e. The third kappa shape index (κ3) is 2.35. The summed E-state index contributed by atoms with van der Waals surface area (Å²) < 4.78 is 18.6. The number of ether oxygens (including phenoxy) is 1. The van der Waals surface area contributed by atoms with Crippen LogP contribution in [0.3, 0.4) is 0 Å². The van der Waals surface area contributed by atoms with E-state index in [0.717, 1.165) is 19.4 Å². The van der Waals surface area contributed by atoms with Gasteiger partial charge in [0.05, 0.1) is 18.7 Å². The van der Waals surface area contributed by atoms with E-state index >= 15 is 0 Å². The van der Waals surface area contributed by atoms with Crippen molar-refractivity contribution in [3.63, 3.8) is 0 Å². The number of methoxy groups -OCH3 is 1. The highest BCUT2D eigenvalue weighted by Crippen LogP contribution is 2.19. The maximum Gasteiger partial charge on any atom is 0.239 e. The molecule has 0 unspecified atom stereocenters. The normalized spacial score (nSPS) is 35.4. The van der Waals surface area contributed by atoms with Gasteiger partial charge >= 0.3 is 0 Å². The molecule has 2 rings (SSSR count). The van der Waals surface area contributed by atoms with Crippen molar-refractivity contribution >= 4 is 5.91 Å². The SMILES string of the molecule is CO[C@H]1CCN(C(=O)[C@H]2CCCN2)C[C@H]1F. The minimum absolute atomic E-state index is 0.0507. The van der Waals surface area contributed by atoms with Gasteiger partial charge in [0.25, 0.3) is 0 Å². The zero-order valence-electron chi connectivity index (χ0n) is 9.62. The van der Waals surface area contributed by atoms with Crippen LogP contribution in [0.15, 0.2) is 0 Å². The molecule has 2 saturated heterocycles. The van der Waals surface area contributed by atoms with Gasteiger partial charge in [-0.2, -0.15) is 0 Å². The Balaban J connectivity index is 1.88. The summed E-state index contributed by atoms with van der Waals surface area (Å²) in [7, 11) is 1.52. The van der Waals surface area contributed by atoms with Crippen molar-refractivity contribution in [1.29, 1.82) is 0 Å². The first-order chi connectivity index (χ1) is 7.72. The fourth-order valence-electron chi connectivity index (χ4n) is 2.46. The van der Waals surface area contributed by atoms with Crippen LogP contribution in [-0.2, 0) is 9.53 Å². The molecular weight excluding hydrogens is 211 g/mol. The zero-order valence-corrected chi connectivity index (χ0v) is 9.62. The Morgan fingerprint density at radius 1 is 1.50 bits per heavy atom. The summed E-state index contributed by atoms with van der Waals surface area (Å²) >= 11 is 0. The lowest BCUT2D eigenvalue weighted by Crippen LogP contribution is -2.52. The fourth-order valence-corrected chi connectivity index (χ4v) is 2.46. The van der Waals surface area contributed by atoms with Crippen molar-refractivity contribution in [2.75, 3.05) is 26.7 Å². The number of hydrogen-bond donors (Lipinski definition) is 1. The first-order valence-electron chi connectivity index (χ1n) is 5.91. The van der Waals surface area contributed by atoms with Crippen molar-refractivity contribution in [3.8, 4) is 0 Å². The third-order valence-corrected chi connectivity index (χ3v) is 3.45. The Bertz CT molecular complexity index is 256. The standard InChI is InChI=1S/C11H19FN2O2/c1-16-10-4-6-14(7-8(10)12)11(15)9-3-2-5-13-9/h8-10,13H,2-7H2,1H3/t8-,9-,10+/m1/s1. The Hall–Kier alpha value is -0.680. The van der Waals surface area contributed by atoms with E-state index in [9.17, 15) is 9.18 Å². The van der Waals surface area contributed by atoms with Crippen molar-refractivity contribution in [2.45, 2.75) is 37.6 Å². The summed E-state index contributed by atoms with van der Waals surface area (Å²) in [5, 5.41) is 3.15. The largest absolute Gasteiger partial charge is 0.378 e. The number of piperidine rings is 1. The summed E-state index contributed by atoms with van der Waals surface area (Å²) in [6.45, 7) is 1.68. The van der Waals surface area contributed by atoms with Crippen LogP contribution in [0.25, 0.3) is 0 Å². The maximum absolute atomic E-state index is 13.6. The van der Waals surface area contributed by atoms with Gasteiger partial charge in [-0.3, -0.25) is 4.79 Å². The third-order valence-electron chi connectivity index (χ3n) is 3.45. The van der Waals surface area contributed by atoms with Crippen LogP contribution in [0.4, 0.5) is 4.39 Å². The molecule has 2 aliphatic rings. The predicted molar refractivity (Wildman–Crippen MR) is 57.9 cm³/mol. The molecule has 0 radical (unpaired) electrons. The molecule has 92 valence electrons. The molecule has 16 heavy (non-hydrogen) atoms. The highest BCUT2D eigenvalue weighted by molar-refractivity contribution is 5.82. The van der Waals surface area contributed by atoms with Gasteiger partial charge in [0, 0.05) is 13.7 Å². The highest BCUT2D eigenvalue weighted by Gasteiger charge is 2.34. The predicted octanol–water partition coefficient (Wildman–Crippen LogP) is 0.324. The molecule has 0 aromatic carbocycles. The number of carbonyl (C=O) groups excluding carboxylic acids is 1. The van der Waals surface area contributed by atoms with E-state index in [4.69, 9.17) is 4.74 Å². The molecule has 0 saturated carbocycles. The number of carbonyl (C=O) groups is 1. The molecule has 0 bridgehead atoms. The second-order valence-corrected chi connectivity index (χ2v) is 4.51. The second-order valence-electron chi connectivity index (χ2n) is 4.51. The van der Waals surface area contributed by atoms with Crippen LogP contribution in [0, 0.1) is 0 Å². The van der Waals surface area contributed by atoms with E-state index in [0.29, 0.717) is 13.0 Å². The monoisotopic (exact) mass is 230 g/mol. The average molecular weight is 230 g/mol. The highest BCUT2D eigenvalue weighted by atomic mass is 19.1. The van der Waals surface area contributed by atoms with Crippen LogP contribution in [-0.4, -0.2) is 55.9 Å². The number of likely N-dealkylation sites (tertiary alicyclic amines) is 1. The van der Waals surface area contributed by atoms with E-state index in [2.05, 4.69) is 5.32 Å². The molecule has 1 N–H and O–H groups in total. The fraction of sp³-hybridized carbons (Fsp3) is 0.909. The lowest BCUT2D eigenvalue weighted by atomic mass is 10.0. The van der Waals surface area contributed by atoms with Crippen LogP contribution in [0.1, 0.15) is 19.3 Å². The molecular formula is C11H19FN2O2. The first kappa shape index (κ1) is 11.8.